The fourth-order valence-corrected chi connectivity index (χ4v) is 3.22. The standard InChI is InChI=1S/C22H26ClIN2O3/c1-15(21(28)25-22(2,3)4)26(13-16-6-5-7-17(23)12-16)20(27)14-29-19-10-8-18(24)9-11-19/h5-12,15H,13-14H2,1-4H3,(H,25,28)/t15-/m1/s1. The summed E-state index contributed by atoms with van der Waals surface area (Å²) in [6, 6.07) is 14.0. The molecule has 0 heterocycles. The minimum Gasteiger partial charge on any atom is -0.484 e. The van der Waals surface area contributed by atoms with Gasteiger partial charge in [-0.2, -0.15) is 0 Å². The summed E-state index contributed by atoms with van der Waals surface area (Å²) < 4.78 is 6.72. The lowest BCUT2D eigenvalue weighted by Gasteiger charge is -2.31. The molecule has 0 aliphatic heterocycles. The third kappa shape index (κ3) is 7.85. The highest BCUT2D eigenvalue weighted by atomic mass is 127. The predicted octanol–water partition coefficient (Wildman–Crippen LogP) is 4.66. The summed E-state index contributed by atoms with van der Waals surface area (Å²) in [6.07, 6.45) is 0. The minimum atomic E-state index is -0.666. The van der Waals surface area contributed by atoms with Crippen LogP contribution in [-0.2, 0) is 16.1 Å². The van der Waals surface area contributed by atoms with Crippen LogP contribution in [0.5, 0.6) is 5.75 Å². The van der Waals surface area contributed by atoms with Crippen molar-refractivity contribution in [3.05, 3.63) is 62.7 Å². The number of rotatable bonds is 7. The molecule has 0 aliphatic carbocycles. The van der Waals surface area contributed by atoms with Crippen molar-refractivity contribution >= 4 is 46.0 Å². The Labute approximate surface area is 190 Å². The molecule has 29 heavy (non-hydrogen) atoms. The Morgan fingerprint density at radius 3 is 2.41 bits per heavy atom. The first kappa shape index (κ1) is 23.5. The molecule has 0 spiro atoms. The average molecular weight is 529 g/mol. The van der Waals surface area contributed by atoms with Crippen LogP contribution >= 0.6 is 34.2 Å². The van der Waals surface area contributed by atoms with Crippen molar-refractivity contribution in [3.8, 4) is 5.75 Å². The molecule has 0 saturated carbocycles. The fraction of sp³-hybridized carbons (Fsp3) is 0.364. The first-order chi connectivity index (χ1) is 13.5. The van der Waals surface area contributed by atoms with Gasteiger partial charge >= 0.3 is 0 Å². The van der Waals surface area contributed by atoms with Gasteiger partial charge in [0.05, 0.1) is 0 Å². The van der Waals surface area contributed by atoms with Crippen molar-refractivity contribution in [1.82, 2.24) is 10.2 Å². The maximum absolute atomic E-state index is 13.0. The molecule has 1 N–H and O–H groups in total. The summed E-state index contributed by atoms with van der Waals surface area (Å²) in [6.45, 7) is 7.53. The van der Waals surface area contributed by atoms with E-state index in [0.717, 1.165) is 9.13 Å². The van der Waals surface area contributed by atoms with Crippen LogP contribution in [0.3, 0.4) is 0 Å². The molecule has 0 bridgehead atoms. The van der Waals surface area contributed by atoms with Crippen LogP contribution in [0.25, 0.3) is 0 Å². The first-order valence-electron chi connectivity index (χ1n) is 9.29. The van der Waals surface area contributed by atoms with E-state index in [1.165, 1.54) is 4.90 Å². The van der Waals surface area contributed by atoms with Gasteiger partial charge in [0.1, 0.15) is 11.8 Å². The highest BCUT2D eigenvalue weighted by molar-refractivity contribution is 14.1. The number of ether oxygens (including phenoxy) is 1. The van der Waals surface area contributed by atoms with Gasteiger partial charge in [-0.3, -0.25) is 9.59 Å². The van der Waals surface area contributed by atoms with Gasteiger partial charge in [0.2, 0.25) is 5.91 Å². The Bertz CT molecular complexity index is 850. The maximum atomic E-state index is 13.0. The monoisotopic (exact) mass is 528 g/mol. The number of carbonyl (C=O) groups excluding carboxylic acids is 2. The zero-order valence-electron chi connectivity index (χ0n) is 17.0. The number of hydrogen-bond donors (Lipinski definition) is 1. The Kier molecular flexibility index (Phi) is 8.34. The number of carbonyl (C=O) groups is 2. The lowest BCUT2D eigenvalue weighted by atomic mass is 10.1. The van der Waals surface area contributed by atoms with Crippen LogP contribution in [0.4, 0.5) is 0 Å². The topological polar surface area (TPSA) is 58.6 Å². The number of amides is 2. The average Bonchev–Trinajstić information content (AvgIpc) is 2.63. The molecule has 2 amide bonds. The third-order valence-electron chi connectivity index (χ3n) is 4.08. The van der Waals surface area contributed by atoms with Crippen LogP contribution in [-0.4, -0.2) is 34.9 Å². The fourth-order valence-electron chi connectivity index (χ4n) is 2.65. The van der Waals surface area contributed by atoms with E-state index in [1.54, 1.807) is 19.1 Å². The molecule has 2 aromatic carbocycles. The highest BCUT2D eigenvalue weighted by Gasteiger charge is 2.28. The number of nitrogens with zero attached hydrogens (tertiary/aromatic N) is 1. The molecule has 156 valence electrons. The summed E-state index contributed by atoms with van der Waals surface area (Å²) >= 11 is 8.29. The summed E-state index contributed by atoms with van der Waals surface area (Å²) in [5.74, 6) is 0.107. The van der Waals surface area contributed by atoms with Crippen molar-refractivity contribution in [1.29, 1.82) is 0 Å². The second kappa shape index (κ2) is 10.3. The van der Waals surface area contributed by atoms with Crippen LogP contribution in [0, 0.1) is 3.57 Å². The van der Waals surface area contributed by atoms with E-state index in [0.29, 0.717) is 10.8 Å². The van der Waals surface area contributed by atoms with Crippen molar-refractivity contribution in [2.75, 3.05) is 6.61 Å². The van der Waals surface area contributed by atoms with Gasteiger partial charge in [-0.25, -0.2) is 0 Å². The minimum absolute atomic E-state index is 0.158. The second-order valence-corrected chi connectivity index (χ2v) is 9.49. The zero-order valence-corrected chi connectivity index (χ0v) is 20.0. The van der Waals surface area contributed by atoms with Gasteiger partial charge in [0.15, 0.2) is 6.61 Å². The molecule has 5 nitrogen and oxygen atoms in total. The van der Waals surface area contributed by atoms with Crippen LogP contribution in [0.15, 0.2) is 48.5 Å². The van der Waals surface area contributed by atoms with Crippen molar-refractivity contribution < 1.29 is 14.3 Å². The SMILES string of the molecule is C[C@H](C(=O)NC(C)(C)C)N(Cc1cccc(Cl)c1)C(=O)COc1ccc(I)cc1. The summed E-state index contributed by atoms with van der Waals surface area (Å²) in [5, 5.41) is 3.51. The normalized spacial score (nSPS) is 12.2. The van der Waals surface area contributed by atoms with Gasteiger partial charge in [0.25, 0.3) is 5.91 Å². The summed E-state index contributed by atoms with van der Waals surface area (Å²) in [4.78, 5) is 27.2. The lowest BCUT2D eigenvalue weighted by Crippen LogP contribution is -2.53. The summed E-state index contributed by atoms with van der Waals surface area (Å²) in [7, 11) is 0. The van der Waals surface area contributed by atoms with Gasteiger partial charge in [-0.1, -0.05) is 23.7 Å². The third-order valence-corrected chi connectivity index (χ3v) is 5.04. The van der Waals surface area contributed by atoms with Crippen LogP contribution < -0.4 is 10.1 Å². The Morgan fingerprint density at radius 2 is 1.83 bits per heavy atom. The zero-order chi connectivity index (χ0) is 21.6. The first-order valence-corrected chi connectivity index (χ1v) is 10.7. The number of benzene rings is 2. The predicted molar refractivity (Wildman–Crippen MR) is 124 cm³/mol. The summed E-state index contributed by atoms with van der Waals surface area (Å²) in [5.41, 5.74) is 0.448. The van der Waals surface area contributed by atoms with E-state index in [2.05, 4.69) is 27.9 Å². The largest absolute Gasteiger partial charge is 0.484 e. The van der Waals surface area contributed by atoms with E-state index in [1.807, 2.05) is 57.2 Å². The molecule has 7 heteroatoms. The quantitative estimate of drug-likeness (QED) is 0.532. The van der Waals surface area contributed by atoms with Crippen LogP contribution in [0.2, 0.25) is 5.02 Å². The van der Waals surface area contributed by atoms with E-state index in [9.17, 15) is 9.59 Å². The molecule has 0 saturated heterocycles. The van der Waals surface area contributed by atoms with Gasteiger partial charge in [0, 0.05) is 20.7 Å². The number of halogens is 2. The molecule has 2 aromatic rings. The van der Waals surface area contributed by atoms with E-state index >= 15 is 0 Å². The maximum Gasteiger partial charge on any atom is 0.261 e. The number of nitrogens with one attached hydrogen (secondary N) is 1. The van der Waals surface area contributed by atoms with Gasteiger partial charge < -0.3 is 15.0 Å². The molecular formula is C22H26ClIN2O3. The van der Waals surface area contributed by atoms with E-state index < -0.39 is 11.6 Å². The molecule has 0 aromatic heterocycles. The highest BCUT2D eigenvalue weighted by Crippen LogP contribution is 2.17. The molecule has 0 fully saturated rings. The molecule has 0 radical (unpaired) electrons. The lowest BCUT2D eigenvalue weighted by molar-refractivity contribution is -0.142. The van der Waals surface area contributed by atoms with Crippen molar-refractivity contribution in [2.45, 2.75) is 45.8 Å². The number of hydrogen-bond acceptors (Lipinski definition) is 3. The van der Waals surface area contributed by atoms with Gasteiger partial charge in [-0.15, -0.1) is 0 Å². The molecule has 1 atom stereocenters. The van der Waals surface area contributed by atoms with E-state index in [4.69, 9.17) is 16.3 Å². The Morgan fingerprint density at radius 1 is 1.17 bits per heavy atom. The second-order valence-electron chi connectivity index (χ2n) is 7.81. The molecule has 0 aliphatic rings. The van der Waals surface area contributed by atoms with Crippen LogP contribution in [0.1, 0.15) is 33.3 Å². The molecule has 2 rings (SSSR count). The Hall–Kier alpha value is -1.80. The smallest absolute Gasteiger partial charge is 0.261 e. The Balaban J connectivity index is 2.16. The van der Waals surface area contributed by atoms with Crippen molar-refractivity contribution in [2.24, 2.45) is 0 Å². The van der Waals surface area contributed by atoms with Crippen molar-refractivity contribution in [3.63, 3.8) is 0 Å². The molecule has 0 unspecified atom stereocenters. The van der Waals surface area contributed by atoms with Gasteiger partial charge in [-0.05, 0) is 92.2 Å². The van der Waals surface area contributed by atoms with E-state index in [-0.39, 0.29) is 25.0 Å². The molecular weight excluding hydrogens is 503 g/mol.